The first-order chi connectivity index (χ1) is 8.49. The Labute approximate surface area is 116 Å². The van der Waals surface area contributed by atoms with Gasteiger partial charge in [-0.1, -0.05) is 60.8 Å². The van der Waals surface area contributed by atoms with Gasteiger partial charge in [0.05, 0.1) is 0 Å². The smallest absolute Gasteiger partial charge is 0.00745 e. The Balaban J connectivity index is 4.27. The number of hydrogen-bond donors (Lipinski definition) is 1. The van der Waals surface area contributed by atoms with Crippen LogP contribution in [0.25, 0.3) is 0 Å². The molecule has 0 radical (unpaired) electrons. The molecule has 0 aliphatic carbocycles. The summed E-state index contributed by atoms with van der Waals surface area (Å²) in [6, 6.07) is 1.47. The van der Waals surface area contributed by atoms with Gasteiger partial charge in [0.2, 0.25) is 0 Å². The second-order valence-corrected chi connectivity index (χ2v) is 6.75. The van der Waals surface area contributed by atoms with Gasteiger partial charge < -0.3 is 5.32 Å². The van der Waals surface area contributed by atoms with Crippen LogP contribution in [0.5, 0.6) is 0 Å². The maximum Gasteiger partial charge on any atom is 0.00745 e. The molecular weight excluding hydrogens is 218 g/mol. The van der Waals surface area contributed by atoms with Crippen LogP contribution >= 0.6 is 0 Å². The lowest BCUT2D eigenvalue weighted by molar-refractivity contribution is 0.305. The average Bonchev–Trinajstić information content (AvgIpc) is 2.24. The summed E-state index contributed by atoms with van der Waals surface area (Å²) in [5.74, 6) is 1.60. The average molecular weight is 255 g/mol. The summed E-state index contributed by atoms with van der Waals surface area (Å²) >= 11 is 0. The molecule has 0 rings (SSSR count). The zero-order valence-electron chi connectivity index (χ0n) is 13.8. The first-order valence-electron chi connectivity index (χ1n) is 8.25. The van der Waals surface area contributed by atoms with Gasteiger partial charge in [-0.05, 0) is 37.5 Å². The third-order valence-electron chi connectivity index (χ3n) is 3.53. The summed E-state index contributed by atoms with van der Waals surface area (Å²) in [5.41, 5.74) is 0. The van der Waals surface area contributed by atoms with Crippen LogP contribution in [0.2, 0.25) is 0 Å². The molecule has 0 aromatic heterocycles. The predicted octanol–water partition coefficient (Wildman–Crippen LogP) is 5.40. The van der Waals surface area contributed by atoms with Crippen molar-refractivity contribution in [1.82, 2.24) is 5.32 Å². The van der Waals surface area contributed by atoms with E-state index in [2.05, 4.69) is 46.9 Å². The van der Waals surface area contributed by atoms with E-state index in [1.165, 1.54) is 44.9 Å². The first-order valence-corrected chi connectivity index (χ1v) is 8.25. The highest BCUT2D eigenvalue weighted by atomic mass is 14.9. The lowest BCUT2D eigenvalue weighted by Gasteiger charge is -2.28. The zero-order chi connectivity index (χ0) is 14.0. The van der Waals surface area contributed by atoms with E-state index in [9.17, 15) is 0 Å². The fourth-order valence-corrected chi connectivity index (χ4v) is 2.81. The predicted molar refractivity (Wildman–Crippen MR) is 84.1 cm³/mol. The Morgan fingerprint density at radius 2 is 1.28 bits per heavy atom. The molecule has 0 aliphatic heterocycles. The van der Waals surface area contributed by atoms with Gasteiger partial charge >= 0.3 is 0 Å². The van der Waals surface area contributed by atoms with Crippen LogP contribution in [0.4, 0.5) is 0 Å². The molecule has 110 valence electrons. The van der Waals surface area contributed by atoms with Crippen molar-refractivity contribution >= 4 is 0 Å². The van der Waals surface area contributed by atoms with E-state index in [4.69, 9.17) is 0 Å². The van der Waals surface area contributed by atoms with Gasteiger partial charge in [-0.2, -0.15) is 0 Å². The van der Waals surface area contributed by atoms with E-state index in [1.54, 1.807) is 0 Å². The SMILES string of the molecule is CCCCC(CCC)NC(CC(C)C)CC(C)C. The van der Waals surface area contributed by atoms with Gasteiger partial charge in [-0.25, -0.2) is 0 Å². The van der Waals surface area contributed by atoms with E-state index >= 15 is 0 Å². The quantitative estimate of drug-likeness (QED) is 0.521. The molecular formula is C17H37N. The zero-order valence-corrected chi connectivity index (χ0v) is 13.8. The molecule has 0 amide bonds. The molecule has 1 nitrogen and oxygen atoms in total. The van der Waals surface area contributed by atoms with Crippen molar-refractivity contribution in [2.24, 2.45) is 11.8 Å². The van der Waals surface area contributed by atoms with E-state index in [0.717, 1.165) is 23.9 Å². The third kappa shape index (κ3) is 9.94. The van der Waals surface area contributed by atoms with Crippen LogP contribution in [0.15, 0.2) is 0 Å². The van der Waals surface area contributed by atoms with Crippen molar-refractivity contribution in [2.75, 3.05) is 0 Å². The van der Waals surface area contributed by atoms with Gasteiger partial charge in [0.25, 0.3) is 0 Å². The van der Waals surface area contributed by atoms with Gasteiger partial charge in [-0.15, -0.1) is 0 Å². The minimum Gasteiger partial charge on any atom is -0.311 e. The van der Waals surface area contributed by atoms with E-state index in [0.29, 0.717) is 0 Å². The van der Waals surface area contributed by atoms with Crippen LogP contribution in [0.1, 0.15) is 86.5 Å². The standard InChI is InChI=1S/C17H37N/c1-7-9-11-16(10-8-2)18-17(12-14(3)4)13-15(5)6/h14-18H,7-13H2,1-6H3. The van der Waals surface area contributed by atoms with Crippen LogP contribution in [0, 0.1) is 11.8 Å². The molecule has 18 heavy (non-hydrogen) atoms. The molecule has 0 aromatic carbocycles. The van der Waals surface area contributed by atoms with Gasteiger partial charge in [0.15, 0.2) is 0 Å². The minimum absolute atomic E-state index is 0.721. The number of nitrogens with one attached hydrogen (secondary N) is 1. The van der Waals surface area contributed by atoms with Crippen LogP contribution in [-0.4, -0.2) is 12.1 Å². The van der Waals surface area contributed by atoms with Crippen LogP contribution in [0.3, 0.4) is 0 Å². The second-order valence-electron chi connectivity index (χ2n) is 6.75. The lowest BCUT2D eigenvalue weighted by Crippen LogP contribution is -2.40. The molecule has 0 aliphatic rings. The van der Waals surface area contributed by atoms with Crippen molar-refractivity contribution in [2.45, 2.75) is 98.6 Å². The number of unbranched alkanes of at least 4 members (excludes halogenated alkanes) is 1. The molecule has 0 fully saturated rings. The monoisotopic (exact) mass is 255 g/mol. The first kappa shape index (κ1) is 18.0. The van der Waals surface area contributed by atoms with Gasteiger partial charge in [-0.3, -0.25) is 0 Å². The Morgan fingerprint density at radius 1 is 0.722 bits per heavy atom. The molecule has 0 aromatic rings. The topological polar surface area (TPSA) is 12.0 Å². The highest BCUT2D eigenvalue weighted by molar-refractivity contribution is 4.76. The minimum atomic E-state index is 0.721. The number of rotatable bonds is 11. The van der Waals surface area contributed by atoms with E-state index in [1.807, 2.05) is 0 Å². The van der Waals surface area contributed by atoms with Crippen LogP contribution < -0.4 is 5.32 Å². The summed E-state index contributed by atoms with van der Waals surface area (Å²) in [6.07, 6.45) is 9.34. The van der Waals surface area contributed by atoms with Crippen molar-refractivity contribution in [3.8, 4) is 0 Å². The molecule has 0 saturated carbocycles. The fourth-order valence-electron chi connectivity index (χ4n) is 2.81. The third-order valence-corrected chi connectivity index (χ3v) is 3.53. The Morgan fingerprint density at radius 3 is 1.67 bits per heavy atom. The van der Waals surface area contributed by atoms with E-state index in [-0.39, 0.29) is 0 Å². The summed E-state index contributed by atoms with van der Waals surface area (Å²) < 4.78 is 0. The highest BCUT2D eigenvalue weighted by Gasteiger charge is 2.16. The maximum absolute atomic E-state index is 3.95. The summed E-state index contributed by atoms with van der Waals surface area (Å²) in [5, 5.41) is 3.95. The molecule has 0 bridgehead atoms. The fraction of sp³-hybridized carbons (Fsp3) is 1.00. The van der Waals surface area contributed by atoms with Crippen molar-refractivity contribution in [3.63, 3.8) is 0 Å². The Hall–Kier alpha value is -0.0400. The normalized spacial score (nSPS) is 13.8. The molecule has 1 atom stereocenters. The summed E-state index contributed by atoms with van der Waals surface area (Å²) in [7, 11) is 0. The molecule has 0 spiro atoms. The highest BCUT2D eigenvalue weighted by Crippen LogP contribution is 2.16. The maximum atomic E-state index is 3.95. The summed E-state index contributed by atoms with van der Waals surface area (Å²) in [4.78, 5) is 0. The van der Waals surface area contributed by atoms with E-state index < -0.39 is 0 Å². The van der Waals surface area contributed by atoms with Crippen molar-refractivity contribution < 1.29 is 0 Å². The van der Waals surface area contributed by atoms with Crippen molar-refractivity contribution in [3.05, 3.63) is 0 Å². The van der Waals surface area contributed by atoms with Crippen molar-refractivity contribution in [1.29, 1.82) is 0 Å². The second kappa shape index (κ2) is 10.8. The Kier molecular flexibility index (Phi) is 10.8. The largest absolute Gasteiger partial charge is 0.311 e. The molecule has 1 N–H and O–H groups in total. The molecule has 0 saturated heterocycles. The summed E-state index contributed by atoms with van der Waals surface area (Å²) in [6.45, 7) is 14.0. The molecule has 0 heterocycles. The molecule has 1 unspecified atom stereocenters. The lowest BCUT2D eigenvalue weighted by atomic mass is 9.93. The van der Waals surface area contributed by atoms with Gasteiger partial charge in [0.1, 0.15) is 0 Å². The Bertz CT molecular complexity index is 164. The molecule has 1 heteroatoms. The van der Waals surface area contributed by atoms with Crippen LogP contribution in [-0.2, 0) is 0 Å². The van der Waals surface area contributed by atoms with Gasteiger partial charge in [0, 0.05) is 12.1 Å². The number of hydrogen-bond acceptors (Lipinski definition) is 1.